The summed E-state index contributed by atoms with van der Waals surface area (Å²) in [5.41, 5.74) is 0.494. The molecule has 0 saturated carbocycles. The summed E-state index contributed by atoms with van der Waals surface area (Å²) in [6.45, 7) is 1.71. The Morgan fingerprint density at radius 1 is 0.931 bits per heavy atom. The van der Waals surface area contributed by atoms with E-state index >= 15 is 0 Å². The fourth-order valence-electron chi connectivity index (χ4n) is 2.99. The number of nitrogens with zero attached hydrogens (tertiary/aromatic N) is 3. The van der Waals surface area contributed by atoms with Crippen molar-refractivity contribution in [1.29, 1.82) is 0 Å². The zero-order valence-corrected chi connectivity index (χ0v) is 16.4. The lowest BCUT2D eigenvalue weighted by molar-refractivity contribution is -0.140. The minimum atomic E-state index is -4.66. The van der Waals surface area contributed by atoms with Crippen LogP contribution in [0.25, 0.3) is 16.8 Å². The Balaban J connectivity index is 1.95. The third kappa shape index (κ3) is 3.88. The number of rotatable bonds is 3. The monoisotopic (exact) mass is 436 g/mol. The maximum Gasteiger partial charge on any atom is 0.435 e. The van der Waals surface area contributed by atoms with E-state index in [-0.39, 0.29) is 11.2 Å². The van der Waals surface area contributed by atoms with Gasteiger partial charge < -0.3 is 5.32 Å². The molecule has 4 aromatic rings. The minimum Gasteiger partial charge on any atom is -0.340 e. The molecule has 0 aliphatic rings. The number of nitrogens with one attached hydrogen (secondary N) is 1. The maximum absolute atomic E-state index is 13.8. The highest BCUT2D eigenvalue weighted by Gasteiger charge is 2.39. The molecule has 9 heteroatoms. The van der Waals surface area contributed by atoms with Crippen LogP contribution in [0.15, 0.2) is 54.6 Å². The van der Waals surface area contributed by atoms with Gasteiger partial charge in [-0.25, -0.2) is 4.98 Å². The summed E-state index contributed by atoms with van der Waals surface area (Å²) >= 11 is 11.8. The van der Waals surface area contributed by atoms with Crippen molar-refractivity contribution in [2.45, 2.75) is 13.1 Å². The Labute approximate surface area is 173 Å². The SMILES string of the molecule is Cc1cc(Nc2ccc(Cl)cc2)n2nc(C(F)(F)F)c(-c3ccc(Cl)cc3)c2n1. The molecular formula is C20H13Cl2F3N4. The van der Waals surface area contributed by atoms with Crippen molar-refractivity contribution in [3.05, 3.63) is 76.0 Å². The van der Waals surface area contributed by atoms with Gasteiger partial charge in [0.05, 0.1) is 5.56 Å². The zero-order chi connectivity index (χ0) is 20.8. The van der Waals surface area contributed by atoms with Crippen molar-refractivity contribution in [1.82, 2.24) is 14.6 Å². The molecule has 0 amide bonds. The first-order chi connectivity index (χ1) is 13.7. The second-order valence-electron chi connectivity index (χ2n) is 6.38. The van der Waals surface area contributed by atoms with Gasteiger partial charge in [-0.15, -0.1) is 0 Å². The van der Waals surface area contributed by atoms with E-state index in [1.54, 1.807) is 37.3 Å². The summed E-state index contributed by atoms with van der Waals surface area (Å²) in [5.74, 6) is 0.348. The van der Waals surface area contributed by atoms with Crippen LogP contribution in [0.1, 0.15) is 11.4 Å². The van der Waals surface area contributed by atoms with E-state index in [0.717, 1.165) is 4.52 Å². The summed E-state index contributed by atoms with van der Waals surface area (Å²) in [4.78, 5) is 4.33. The summed E-state index contributed by atoms with van der Waals surface area (Å²) in [6, 6.07) is 14.5. The molecule has 148 valence electrons. The van der Waals surface area contributed by atoms with Gasteiger partial charge >= 0.3 is 6.18 Å². The highest BCUT2D eigenvalue weighted by Crippen LogP contribution is 2.39. The Kier molecular flexibility index (Phi) is 4.88. The highest BCUT2D eigenvalue weighted by atomic mass is 35.5. The van der Waals surface area contributed by atoms with E-state index in [9.17, 15) is 13.2 Å². The molecule has 0 aliphatic carbocycles. The first-order valence-corrected chi connectivity index (χ1v) is 9.24. The Hall–Kier alpha value is -2.77. The molecule has 4 rings (SSSR count). The van der Waals surface area contributed by atoms with Crippen LogP contribution in [0.5, 0.6) is 0 Å². The molecule has 0 aliphatic heterocycles. The standard InChI is InChI=1S/C20H13Cl2F3N4/c1-11-10-16(27-15-8-6-14(22)7-9-15)29-19(26-11)17(18(28-29)20(23,24)25)12-2-4-13(21)5-3-12/h2-10,27H,1H3. The molecule has 0 saturated heterocycles. The Morgan fingerprint density at radius 3 is 2.10 bits per heavy atom. The summed E-state index contributed by atoms with van der Waals surface area (Å²) in [7, 11) is 0. The number of benzene rings is 2. The molecule has 0 fully saturated rings. The number of fused-ring (bicyclic) bond motifs is 1. The lowest BCUT2D eigenvalue weighted by Gasteiger charge is -2.10. The molecule has 0 atom stereocenters. The Morgan fingerprint density at radius 2 is 1.52 bits per heavy atom. The van der Waals surface area contributed by atoms with Crippen molar-refractivity contribution in [2.75, 3.05) is 5.32 Å². The average Bonchev–Trinajstić information content (AvgIpc) is 3.04. The first-order valence-electron chi connectivity index (χ1n) is 8.48. The molecule has 2 aromatic heterocycles. The number of hydrogen-bond acceptors (Lipinski definition) is 3. The fraction of sp³-hybridized carbons (Fsp3) is 0.100. The lowest BCUT2D eigenvalue weighted by atomic mass is 10.1. The number of aryl methyl sites for hydroxylation is 1. The normalized spacial score (nSPS) is 11.8. The predicted molar refractivity (Wildman–Crippen MR) is 108 cm³/mol. The highest BCUT2D eigenvalue weighted by molar-refractivity contribution is 6.30. The number of alkyl halides is 3. The first kappa shape index (κ1) is 19.5. The van der Waals surface area contributed by atoms with Gasteiger partial charge in [-0.1, -0.05) is 35.3 Å². The molecule has 0 unspecified atom stereocenters. The van der Waals surface area contributed by atoms with Gasteiger partial charge in [-0.3, -0.25) is 0 Å². The minimum absolute atomic E-state index is 0.0936. The van der Waals surface area contributed by atoms with Crippen LogP contribution in [-0.2, 0) is 6.18 Å². The van der Waals surface area contributed by atoms with Gasteiger partial charge in [0.25, 0.3) is 0 Å². The number of halogens is 5. The average molecular weight is 437 g/mol. The number of hydrogen-bond donors (Lipinski definition) is 1. The van der Waals surface area contributed by atoms with Crippen LogP contribution >= 0.6 is 23.2 Å². The van der Waals surface area contributed by atoms with Crippen molar-refractivity contribution in [3.63, 3.8) is 0 Å². The summed E-state index contributed by atoms with van der Waals surface area (Å²) < 4.78 is 42.5. The van der Waals surface area contributed by atoms with Crippen molar-refractivity contribution in [3.8, 4) is 11.1 Å². The molecule has 4 nitrogen and oxygen atoms in total. The second kappa shape index (κ2) is 7.24. The van der Waals surface area contributed by atoms with Gasteiger partial charge in [0, 0.05) is 27.5 Å². The Bertz CT molecular complexity index is 1180. The summed E-state index contributed by atoms with van der Waals surface area (Å²) in [6.07, 6.45) is -4.66. The van der Waals surface area contributed by atoms with E-state index < -0.39 is 11.9 Å². The lowest BCUT2D eigenvalue weighted by Crippen LogP contribution is -2.08. The van der Waals surface area contributed by atoms with Crippen molar-refractivity contribution >= 4 is 40.4 Å². The van der Waals surface area contributed by atoms with E-state index in [0.29, 0.717) is 32.8 Å². The third-order valence-electron chi connectivity index (χ3n) is 4.24. The molecule has 0 bridgehead atoms. The smallest absolute Gasteiger partial charge is 0.340 e. The van der Waals surface area contributed by atoms with Crippen LogP contribution in [-0.4, -0.2) is 14.6 Å². The van der Waals surface area contributed by atoms with Crippen LogP contribution < -0.4 is 5.32 Å². The van der Waals surface area contributed by atoms with Gasteiger partial charge in [0.2, 0.25) is 0 Å². The van der Waals surface area contributed by atoms with Crippen LogP contribution in [0.4, 0.5) is 24.7 Å². The van der Waals surface area contributed by atoms with E-state index in [1.165, 1.54) is 24.3 Å². The van der Waals surface area contributed by atoms with Crippen LogP contribution in [0.2, 0.25) is 10.0 Å². The van der Waals surface area contributed by atoms with Gasteiger partial charge in [0.1, 0.15) is 5.82 Å². The van der Waals surface area contributed by atoms with E-state index in [1.807, 2.05) is 0 Å². The quantitative estimate of drug-likeness (QED) is 0.385. The van der Waals surface area contributed by atoms with Crippen molar-refractivity contribution in [2.24, 2.45) is 0 Å². The largest absolute Gasteiger partial charge is 0.435 e. The molecule has 1 N–H and O–H groups in total. The third-order valence-corrected chi connectivity index (χ3v) is 4.74. The zero-order valence-electron chi connectivity index (χ0n) is 14.9. The van der Waals surface area contributed by atoms with Crippen LogP contribution in [0.3, 0.4) is 0 Å². The number of aromatic nitrogens is 3. The molecule has 2 heterocycles. The molecule has 29 heavy (non-hydrogen) atoms. The fourth-order valence-corrected chi connectivity index (χ4v) is 3.24. The van der Waals surface area contributed by atoms with Gasteiger partial charge in [0.15, 0.2) is 11.3 Å². The number of anilines is 2. The molecule has 2 aromatic carbocycles. The predicted octanol–water partition coefficient (Wildman–Crippen LogP) is 6.77. The van der Waals surface area contributed by atoms with Crippen LogP contribution in [0, 0.1) is 6.92 Å². The molecule has 0 radical (unpaired) electrons. The molecular weight excluding hydrogens is 424 g/mol. The summed E-state index contributed by atoms with van der Waals surface area (Å²) in [5, 5.41) is 7.90. The van der Waals surface area contributed by atoms with E-state index in [2.05, 4.69) is 15.4 Å². The molecule has 0 spiro atoms. The maximum atomic E-state index is 13.8. The van der Waals surface area contributed by atoms with E-state index in [4.69, 9.17) is 23.2 Å². The van der Waals surface area contributed by atoms with Crippen molar-refractivity contribution < 1.29 is 13.2 Å². The second-order valence-corrected chi connectivity index (χ2v) is 7.25. The van der Waals surface area contributed by atoms with Gasteiger partial charge in [-0.05, 0) is 48.9 Å². The van der Waals surface area contributed by atoms with Gasteiger partial charge in [-0.2, -0.15) is 22.8 Å². The topological polar surface area (TPSA) is 42.2 Å².